The van der Waals surface area contributed by atoms with Gasteiger partial charge < -0.3 is 26.0 Å². The first-order valence-corrected chi connectivity index (χ1v) is 10.8. The molecule has 3 heterocycles. The molecule has 2 aliphatic rings. The highest BCUT2D eigenvalue weighted by atomic mass is 35.5. The molecule has 2 saturated heterocycles. The summed E-state index contributed by atoms with van der Waals surface area (Å²) in [4.78, 5) is 24.3. The van der Waals surface area contributed by atoms with Gasteiger partial charge >= 0.3 is 0 Å². The van der Waals surface area contributed by atoms with Crippen molar-refractivity contribution in [2.75, 3.05) is 35.6 Å². The fourth-order valence-electron chi connectivity index (χ4n) is 4.21. The van der Waals surface area contributed by atoms with E-state index >= 15 is 0 Å². The second-order valence-corrected chi connectivity index (χ2v) is 8.67. The monoisotopic (exact) mass is 468 g/mol. The standard InChI is InChI=1S/C20H23Cl2FN6O2/c21-11-6-12(22)8-13(7-11)27-14-2-1-4-29(20(14)31)15-9-28(5-3-16(15)30)19-17(23)18(24)25-10-26-19/h6-8,10,14-16,27,30H,1-5,9H2,(H2,24,25,26)/t14-,15?,16?/m1/s1. The number of rotatable bonds is 4. The van der Waals surface area contributed by atoms with E-state index in [9.17, 15) is 14.3 Å². The number of amides is 1. The van der Waals surface area contributed by atoms with Crippen LogP contribution in [0.25, 0.3) is 0 Å². The van der Waals surface area contributed by atoms with Crippen LogP contribution in [0, 0.1) is 5.82 Å². The predicted octanol–water partition coefficient (Wildman–Crippen LogP) is 2.55. The summed E-state index contributed by atoms with van der Waals surface area (Å²) in [5.74, 6) is -0.973. The number of hydrogen-bond donors (Lipinski definition) is 3. The van der Waals surface area contributed by atoms with E-state index in [-0.39, 0.29) is 24.1 Å². The molecular weight excluding hydrogens is 446 g/mol. The molecule has 1 aromatic heterocycles. The summed E-state index contributed by atoms with van der Waals surface area (Å²) in [5.41, 5.74) is 6.23. The first kappa shape index (κ1) is 21.9. The van der Waals surface area contributed by atoms with E-state index in [0.717, 1.165) is 6.42 Å². The molecule has 31 heavy (non-hydrogen) atoms. The third-order valence-corrected chi connectivity index (χ3v) is 6.16. The van der Waals surface area contributed by atoms with Crippen molar-refractivity contribution in [1.82, 2.24) is 14.9 Å². The van der Waals surface area contributed by atoms with E-state index < -0.39 is 24.0 Å². The number of aliphatic hydroxyl groups excluding tert-OH is 1. The van der Waals surface area contributed by atoms with Crippen molar-refractivity contribution in [3.05, 3.63) is 40.4 Å². The zero-order valence-electron chi connectivity index (χ0n) is 16.6. The fourth-order valence-corrected chi connectivity index (χ4v) is 4.74. The molecule has 2 unspecified atom stereocenters. The summed E-state index contributed by atoms with van der Waals surface area (Å²) >= 11 is 12.1. The third-order valence-electron chi connectivity index (χ3n) is 5.72. The second-order valence-electron chi connectivity index (χ2n) is 7.79. The molecule has 0 spiro atoms. The van der Waals surface area contributed by atoms with E-state index in [1.807, 2.05) is 0 Å². The highest BCUT2D eigenvalue weighted by Crippen LogP contribution is 2.29. The molecule has 2 aliphatic heterocycles. The molecule has 0 saturated carbocycles. The van der Waals surface area contributed by atoms with Gasteiger partial charge in [0, 0.05) is 35.4 Å². The lowest BCUT2D eigenvalue weighted by Gasteiger charge is -2.45. The molecule has 11 heteroatoms. The maximum Gasteiger partial charge on any atom is 0.245 e. The Hall–Kier alpha value is -2.36. The highest BCUT2D eigenvalue weighted by molar-refractivity contribution is 6.35. The fraction of sp³-hybridized carbons (Fsp3) is 0.450. The van der Waals surface area contributed by atoms with Crippen molar-refractivity contribution in [2.24, 2.45) is 0 Å². The Morgan fingerprint density at radius 3 is 2.65 bits per heavy atom. The molecule has 4 rings (SSSR count). The van der Waals surface area contributed by atoms with Crippen molar-refractivity contribution < 1.29 is 14.3 Å². The molecule has 166 valence electrons. The Kier molecular flexibility index (Phi) is 6.36. The van der Waals surface area contributed by atoms with Gasteiger partial charge in [-0.15, -0.1) is 0 Å². The Labute approximate surface area is 189 Å². The summed E-state index contributed by atoms with van der Waals surface area (Å²) in [6.45, 7) is 1.16. The van der Waals surface area contributed by atoms with Crippen LogP contribution in [0.3, 0.4) is 0 Å². The largest absolute Gasteiger partial charge is 0.391 e. The molecule has 0 aliphatic carbocycles. The maximum absolute atomic E-state index is 14.4. The minimum absolute atomic E-state index is 0.0807. The van der Waals surface area contributed by atoms with Crippen LogP contribution < -0.4 is 16.0 Å². The summed E-state index contributed by atoms with van der Waals surface area (Å²) in [5, 5.41) is 14.8. The average Bonchev–Trinajstić information content (AvgIpc) is 2.72. The molecule has 1 aromatic carbocycles. The van der Waals surface area contributed by atoms with Crippen LogP contribution in [0.1, 0.15) is 19.3 Å². The van der Waals surface area contributed by atoms with Crippen LogP contribution in [0.4, 0.5) is 21.7 Å². The molecule has 1 amide bonds. The quantitative estimate of drug-likeness (QED) is 0.632. The number of likely N-dealkylation sites (tertiary alicyclic amines) is 1. The van der Waals surface area contributed by atoms with Gasteiger partial charge in [0.25, 0.3) is 0 Å². The number of benzene rings is 1. The molecule has 3 atom stereocenters. The van der Waals surface area contributed by atoms with E-state index in [4.69, 9.17) is 28.9 Å². The summed E-state index contributed by atoms with van der Waals surface area (Å²) in [7, 11) is 0. The lowest BCUT2D eigenvalue weighted by molar-refractivity contribution is -0.140. The van der Waals surface area contributed by atoms with Gasteiger partial charge in [0.1, 0.15) is 12.4 Å². The van der Waals surface area contributed by atoms with Crippen molar-refractivity contribution >= 4 is 46.4 Å². The number of nitrogens with zero attached hydrogens (tertiary/aromatic N) is 4. The first-order valence-electron chi connectivity index (χ1n) is 10.1. The first-order chi connectivity index (χ1) is 14.8. The Bertz CT molecular complexity index is 960. The third kappa shape index (κ3) is 4.63. The lowest BCUT2D eigenvalue weighted by atomic mass is 9.95. The number of aromatic nitrogens is 2. The van der Waals surface area contributed by atoms with Crippen LogP contribution >= 0.6 is 23.2 Å². The summed E-state index contributed by atoms with van der Waals surface area (Å²) in [6, 6.07) is 4.06. The minimum atomic E-state index is -0.721. The number of nitrogens with two attached hydrogens (primary N) is 1. The molecule has 4 N–H and O–H groups in total. The molecular formula is C20H23Cl2FN6O2. The van der Waals surface area contributed by atoms with Crippen molar-refractivity contribution in [1.29, 1.82) is 0 Å². The van der Waals surface area contributed by atoms with Gasteiger partial charge in [0.2, 0.25) is 11.7 Å². The Balaban J connectivity index is 1.51. The number of aliphatic hydroxyl groups is 1. The maximum atomic E-state index is 14.4. The van der Waals surface area contributed by atoms with Gasteiger partial charge in [-0.2, -0.15) is 4.39 Å². The molecule has 2 fully saturated rings. The van der Waals surface area contributed by atoms with Crippen LogP contribution in [0.15, 0.2) is 24.5 Å². The van der Waals surface area contributed by atoms with Crippen LogP contribution in [0.2, 0.25) is 10.0 Å². The van der Waals surface area contributed by atoms with Crippen molar-refractivity contribution in [3.63, 3.8) is 0 Å². The Morgan fingerprint density at radius 2 is 1.90 bits per heavy atom. The van der Waals surface area contributed by atoms with E-state index in [0.29, 0.717) is 41.7 Å². The lowest BCUT2D eigenvalue weighted by Crippen LogP contribution is -2.61. The summed E-state index contributed by atoms with van der Waals surface area (Å²) < 4.78 is 14.4. The second kappa shape index (κ2) is 9.02. The van der Waals surface area contributed by atoms with Gasteiger partial charge in [-0.25, -0.2) is 9.97 Å². The van der Waals surface area contributed by atoms with E-state index in [1.54, 1.807) is 28.0 Å². The summed E-state index contributed by atoms with van der Waals surface area (Å²) in [6.07, 6.45) is 2.26. The van der Waals surface area contributed by atoms with Crippen molar-refractivity contribution in [2.45, 2.75) is 37.5 Å². The number of carbonyl (C=O) groups is 1. The van der Waals surface area contributed by atoms with E-state index in [2.05, 4.69) is 15.3 Å². The van der Waals surface area contributed by atoms with Gasteiger partial charge in [0.05, 0.1) is 12.1 Å². The number of piperidine rings is 2. The molecule has 8 nitrogen and oxygen atoms in total. The average molecular weight is 469 g/mol. The smallest absolute Gasteiger partial charge is 0.245 e. The van der Waals surface area contributed by atoms with Crippen molar-refractivity contribution in [3.8, 4) is 0 Å². The molecule has 0 radical (unpaired) electrons. The number of nitrogen functional groups attached to an aromatic ring is 1. The Morgan fingerprint density at radius 1 is 1.16 bits per heavy atom. The SMILES string of the molecule is Nc1ncnc(N2CCC(O)C(N3CCC[C@@H](Nc4cc(Cl)cc(Cl)c4)C3=O)C2)c1F. The normalized spacial score (nSPS) is 24.4. The van der Waals surface area contributed by atoms with Gasteiger partial charge in [0.15, 0.2) is 11.6 Å². The number of nitrogens with one attached hydrogen (secondary N) is 1. The van der Waals surface area contributed by atoms with Gasteiger partial charge in [-0.05, 0) is 37.5 Å². The number of anilines is 3. The van der Waals surface area contributed by atoms with E-state index in [1.165, 1.54) is 6.33 Å². The van der Waals surface area contributed by atoms with Crippen LogP contribution in [-0.2, 0) is 4.79 Å². The highest BCUT2D eigenvalue weighted by Gasteiger charge is 2.40. The van der Waals surface area contributed by atoms with Gasteiger partial charge in [-0.1, -0.05) is 23.2 Å². The predicted molar refractivity (Wildman–Crippen MR) is 118 cm³/mol. The number of carbonyl (C=O) groups excluding carboxylic acids is 1. The van der Waals surface area contributed by atoms with Gasteiger partial charge in [-0.3, -0.25) is 4.79 Å². The number of halogens is 3. The van der Waals surface area contributed by atoms with Crippen LogP contribution in [0.5, 0.6) is 0 Å². The zero-order chi connectivity index (χ0) is 22.1. The number of hydrogen-bond acceptors (Lipinski definition) is 7. The molecule has 0 bridgehead atoms. The van der Waals surface area contributed by atoms with Crippen LogP contribution in [-0.4, -0.2) is 63.7 Å². The zero-order valence-corrected chi connectivity index (χ0v) is 18.2. The molecule has 2 aromatic rings. The minimum Gasteiger partial charge on any atom is -0.391 e. The topological polar surface area (TPSA) is 108 Å².